The topological polar surface area (TPSA) is 76.4 Å². The number of amides is 1. The minimum Gasteiger partial charge on any atom is -0.468 e. The molecule has 27 heavy (non-hydrogen) atoms. The van der Waals surface area contributed by atoms with Gasteiger partial charge in [0.25, 0.3) is 5.91 Å². The summed E-state index contributed by atoms with van der Waals surface area (Å²) in [5.74, 6) is 1.74. The number of hydrogen-bond donors (Lipinski definition) is 2. The number of alkyl halides is 3. The maximum absolute atomic E-state index is 12.8. The van der Waals surface area contributed by atoms with Crippen LogP contribution < -0.4 is 10.1 Å². The standard InChI is InChI=1S/C18H24F3N3O3/c19-18(20,21)9-27-17-14(8-22-24(17)1-2-25)16(26)23-15-12-4-10-3-11(6-12)7-13(15)5-10/h8,10-13,15,25H,1-7,9H2,(H,23,26). The summed E-state index contributed by atoms with van der Waals surface area (Å²) in [6.07, 6.45) is 2.49. The van der Waals surface area contributed by atoms with E-state index >= 15 is 0 Å². The van der Waals surface area contributed by atoms with E-state index in [0.29, 0.717) is 11.8 Å². The summed E-state index contributed by atoms with van der Waals surface area (Å²) in [7, 11) is 0. The molecule has 4 aliphatic carbocycles. The van der Waals surface area contributed by atoms with Gasteiger partial charge < -0.3 is 15.2 Å². The van der Waals surface area contributed by atoms with E-state index in [2.05, 4.69) is 10.4 Å². The molecule has 4 bridgehead atoms. The van der Waals surface area contributed by atoms with Crippen LogP contribution in [0.4, 0.5) is 13.2 Å². The van der Waals surface area contributed by atoms with E-state index in [1.807, 2.05) is 0 Å². The second kappa shape index (κ2) is 7.00. The minimum atomic E-state index is -4.52. The first-order valence-corrected chi connectivity index (χ1v) is 9.51. The van der Waals surface area contributed by atoms with Crippen molar-refractivity contribution in [3.63, 3.8) is 0 Å². The maximum Gasteiger partial charge on any atom is 0.422 e. The Balaban J connectivity index is 1.49. The lowest BCUT2D eigenvalue weighted by Crippen LogP contribution is -2.55. The summed E-state index contributed by atoms with van der Waals surface area (Å²) in [5.41, 5.74) is -0.0125. The average Bonchev–Trinajstić information content (AvgIpc) is 2.98. The lowest BCUT2D eigenvalue weighted by atomic mass is 9.54. The zero-order valence-electron chi connectivity index (χ0n) is 14.9. The van der Waals surface area contributed by atoms with E-state index in [1.165, 1.54) is 12.6 Å². The molecule has 6 nitrogen and oxygen atoms in total. The van der Waals surface area contributed by atoms with Gasteiger partial charge in [0.15, 0.2) is 6.61 Å². The van der Waals surface area contributed by atoms with Crippen molar-refractivity contribution in [1.82, 2.24) is 15.1 Å². The Hall–Kier alpha value is -1.77. The lowest BCUT2D eigenvalue weighted by molar-refractivity contribution is -0.154. The van der Waals surface area contributed by atoms with Crippen LogP contribution in [0.25, 0.3) is 0 Å². The fourth-order valence-electron chi connectivity index (χ4n) is 5.48. The van der Waals surface area contributed by atoms with Crippen LogP contribution in [0.2, 0.25) is 0 Å². The summed E-state index contributed by atoms with van der Waals surface area (Å²) in [6, 6.07) is 0.0713. The first kappa shape index (κ1) is 18.6. The van der Waals surface area contributed by atoms with Gasteiger partial charge in [-0.15, -0.1) is 0 Å². The largest absolute Gasteiger partial charge is 0.468 e. The highest BCUT2D eigenvalue weighted by molar-refractivity contribution is 5.96. The fourth-order valence-corrected chi connectivity index (χ4v) is 5.48. The van der Waals surface area contributed by atoms with Crippen molar-refractivity contribution in [2.45, 2.75) is 50.9 Å². The quantitative estimate of drug-likeness (QED) is 0.786. The smallest absolute Gasteiger partial charge is 0.422 e. The molecule has 5 rings (SSSR count). The first-order valence-electron chi connectivity index (χ1n) is 9.51. The lowest BCUT2D eigenvalue weighted by Gasteiger charge is -2.54. The number of rotatable bonds is 6. The Morgan fingerprint density at radius 3 is 2.41 bits per heavy atom. The van der Waals surface area contributed by atoms with E-state index in [-0.39, 0.29) is 30.6 Å². The molecule has 1 aromatic rings. The van der Waals surface area contributed by atoms with Gasteiger partial charge in [0.1, 0.15) is 5.56 Å². The van der Waals surface area contributed by atoms with Crippen molar-refractivity contribution in [3.05, 3.63) is 11.8 Å². The second-order valence-electron chi connectivity index (χ2n) is 8.14. The molecule has 2 N–H and O–H groups in total. The maximum atomic E-state index is 12.8. The summed E-state index contributed by atoms with van der Waals surface area (Å²) in [5, 5.41) is 16.1. The molecular weight excluding hydrogens is 363 g/mol. The van der Waals surface area contributed by atoms with Crippen LogP contribution in [0.5, 0.6) is 5.88 Å². The van der Waals surface area contributed by atoms with E-state index in [1.54, 1.807) is 0 Å². The van der Waals surface area contributed by atoms with Gasteiger partial charge in [-0.05, 0) is 55.8 Å². The Labute approximate surface area is 155 Å². The predicted molar refractivity (Wildman–Crippen MR) is 89.2 cm³/mol. The van der Waals surface area contributed by atoms with Gasteiger partial charge in [-0.25, -0.2) is 4.68 Å². The molecule has 4 fully saturated rings. The summed E-state index contributed by atoms with van der Waals surface area (Å²) in [4.78, 5) is 12.8. The van der Waals surface area contributed by atoms with E-state index in [9.17, 15) is 18.0 Å². The average molecular weight is 387 g/mol. The van der Waals surface area contributed by atoms with Gasteiger partial charge in [-0.1, -0.05) is 0 Å². The molecule has 4 aliphatic rings. The Morgan fingerprint density at radius 1 is 1.22 bits per heavy atom. The summed E-state index contributed by atoms with van der Waals surface area (Å²) >= 11 is 0. The Morgan fingerprint density at radius 2 is 1.85 bits per heavy atom. The number of carbonyl (C=O) groups excluding carboxylic acids is 1. The molecule has 1 amide bonds. The number of nitrogens with zero attached hydrogens (tertiary/aromatic N) is 2. The molecule has 9 heteroatoms. The van der Waals surface area contributed by atoms with Crippen molar-refractivity contribution in [3.8, 4) is 5.88 Å². The number of aromatic nitrogens is 2. The van der Waals surface area contributed by atoms with Gasteiger partial charge >= 0.3 is 6.18 Å². The molecule has 1 heterocycles. The van der Waals surface area contributed by atoms with Gasteiger partial charge in [-0.3, -0.25) is 4.79 Å². The van der Waals surface area contributed by atoms with Crippen LogP contribution in [-0.4, -0.2) is 46.2 Å². The second-order valence-corrected chi connectivity index (χ2v) is 8.14. The van der Waals surface area contributed by atoms with Gasteiger partial charge in [0, 0.05) is 6.04 Å². The number of nitrogens with one attached hydrogen (secondary N) is 1. The SMILES string of the molecule is O=C(NC1C2CC3CC(C2)CC1C3)c1cnn(CCO)c1OCC(F)(F)F. The Bertz CT molecular complexity index is 676. The van der Waals surface area contributed by atoms with Crippen LogP contribution >= 0.6 is 0 Å². The molecule has 0 atom stereocenters. The molecular formula is C18H24F3N3O3. The number of hydrogen-bond acceptors (Lipinski definition) is 4. The van der Waals surface area contributed by atoms with Crippen molar-refractivity contribution in [2.75, 3.05) is 13.2 Å². The third-order valence-electron chi connectivity index (χ3n) is 6.24. The molecule has 0 radical (unpaired) electrons. The first-order chi connectivity index (χ1) is 12.8. The predicted octanol–water partition coefficient (Wildman–Crippen LogP) is 2.37. The van der Waals surface area contributed by atoms with Gasteiger partial charge in [0.05, 0.1) is 19.3 Å². The number of halogens is 3. The van der Waals surface area contributed by atoms with Crippen LogP contribution in [0.1, 0.15) is 42.5 Å². The number of ether oxygens (including phenoxy) is 1. The molecule has 0 aromatic carbocycles. The highest BCUT2D eigenvalue weighted by Gasteiger charge is 2.48. The molecule has 0 unspecified atom stereocenters. The minimum absolute atomic E-state index is 0.0125. The molecule has 4 saturated carbocycles. The molecule has 0 aliphatic heterocycles. The van der Waals surface area contributed by atoms with Crippen molar-refractivity contribution >= 4 is 5.91 Å². The summed E-state index contributed by atoms with van der Waals surface area (Å²) < 4.78 is 43.6. The van der Waals surface area contributed by atoms with Crippen LogP contribution in [0, 0.1) is 23.7 Å². The number of aliphatic hydroxyl groups excluding tert-OH is 1. The van der Waals surface area contributed by atoms with Crippen molar-refractivity contribution in [1.29, 1.82) is 0 Å². The summed E-state index contributed by atoms with van der Waals surface area (Å²) in [6.45, 7) is -1.87. The van der Waals surface area contributed by atoms with Crippen LogP contribution in [0.15, 0.2) is 6.20 Å². The normalized spacial score (nSPS) is 31.9. The molecule has 150 valence electrons. The van der Waals surface area contributed by atoms with E-state index in [0.717, 1.165) is 42.2 Å². The number of aliphatic hydroxyl groups is 1. The zero-order valence-corrected chi connectivity index (χ0v) is 14.9. The highest BCUT2D eigenvalue weighted by Crippen LogP contribution is 2.53. The van der Waals surface area contributed by atoms with Gasteiger partial charge in [0.2, 0.25) is 5.88 Å². The Kier molecular flexibility index (Phi) is 4.82. The third-order valence-corrected chi connectivity index (χ3v) is 6.24. The zero-order chi connectivity index (χ0) is 19.2. The monoisotopic (exact) mass is 387 g/mol. The van der Waals surface area contributed by atoms with Crippen molar-refractivity contribution in [2.24, 2.45) is 23.7 Å². The molecule has 0 spiro atoms. The van der Waals surface area contributed by atoms with E-state index < -0.39 is 18.7 Å². The van der Waals surface area contributed by atoms with Gasteiger partial charge in [-0.2, -0.15) is 18.3 Å². The molecule has 1 aromatic heterocycles. The van der Waals surface area contributed by atoms with Crippen LogP contribution in [-0.2, 0) is 6.54 Å². The van der Waals surface area contributed by atoms with Crippen LogP contribution in [0.3, 0.4) is 0 Å². The molecule has 0 saturated heterocycles. The van der Waals surface area contributed by atoms with Crippen molar-refractivity contribution < 1.29 is 27.8 Å². The third kappa shape index (κ3) is 3.79. The number of carbonyl (C=O) groups is 1. The van der Waals surface area contributed by atoms with E-state index in [4.69, 9.17) is 9.84 Å². The highest BCUT2D eigenvalue weighted by atomic mass is 19.4. The fraction of sp³-hybridized carbons (Fsp3) is 0.778.